The van der Waals surface area contributed by atoms with Gasteiger partial charge in [0.2, 0.25) is 0 Å². The summed E-state index contributed by atoms with van der Waals surface area (Å²) in [6, 6.07) is 9.53. The molecule has 0 saturated heterocycles. The minimum Gasteiger partial charge on any atom is -0.480 e. The molecule has 2 atom stereocenters. The summed E-state index contributed by atoms with van der Waals surface area (Å²) in [5.74, 6) is 1.37. The number of aliphatic carboxylic acids is 1. The second kappa shape index (κ2) is 9.11. The minimum atomic E-state index is -0.991. The van der Waals surface area contributed by atoms with Gasteiger partial charge in [-0.1, -0.05) is 57.5 Å². The molecule has 3 nitrogen and oxygen atoms in total. The van der Waals surface area contributed by atoms with Gasteiger partial charge in [-0.3, -0.25) is 5.32 Å². The predicted octanol–water partition coefficient (Wildman–Crippen LogP) is 3.75. The molecule has 0 fully saturated rings. The van der Waals surface area contributed by atoms with Crippen LogP contribution >= 0.6 is 11.8 Å². The quantitative estimate of drug-likeness (QED) is 0.691. The fourth-order valence-electron chi connectivity index (χ4n) is 2.09. The molecule has 2 unspecified atom stereocenters. The second-order valence-corrected chi connectivity index (χ2v) is 6.56. The number of benzene rings is 1. The highest BCUT2D eigenvalue weighted by Crippen LogP contribution is 2.28. The number of carboxylic acid groups (broad SMARTS) is 1. The van der Waals surface area contributed by atoms with E-state index < -0.39 is 11.5 Å². The van der Waals surface area contributed by atoms with Crippen molar-refractivity contribution < 1.29 is 9.90 Å². The molecule has 21 heavy (non-hydrogen) atoms. The molecule has 1 rings (SSSR count). The number of carboxylic acids is 1. The van der Waals surface area contributed by atoms with Crippen molar-refractivity contribution in [2.24, 2.45) is 5.92 Å². The summed E-state index contributed by atoms with van der Waals surface area (Å²) in [6.45, 7) is 7.13. The van der Waals surface area contributed by atoms with E-state index in [2.05, 4.69) is 26.1 Å². The highest BCUT2D eigenvalue weighted by molar-refractivity contribution is 7.99. The van der Waals surface area contributed by atoms with Crippen molar-refractivity contribution in [1.82, 2.24) is 5.32 Å². The summed E-state index contributed by atoms with van der Waals surface area (Å²) >= 11 is 1.72. The van der Waals surface area contributed by atoms with Crippen LogP contribution in [0.3, 0.4) is 0 Å². The van der Waals surface area contributed by atoms with Crippen molar-refractivity contribution in [1.29, 1.82) is 0 Å². The molecule has 0 amide bonds. The SMILES string of the molecule is CCCNC(CSCC(C)CC)(C(=O)O)c1ccccc1. The maximum absolute atomic E-state index is 12.0. The van der Waals surface area contributed by atoms with Crippen molar-refractivity contribution in [3.8, 4) is 0 Å². The van der Waals surface area contributed by atoms with Gasteiger partial charge in [-0.05, 0) is 30.2 Å². The van der Waals surface area contributed by atoms with E-state index in [9.17, 15) is 9.90 Å². The lowest BCUT2D eigenvalue weighted by Gasteiger charge is -2.31. The molecule has 0 heterocycles. The highest BCUT2D eigenvalue weighted by atomic mass is 32.2. The summed E-state index contributed by atoms with van der Waals surface area (Å²) < 4.78 is 0. The van der Waals surface area contributed by atoms with Crippen LogP contribution in [0.15, 0.2) is 30.3 Å². The maximum Gasteiger partial charge on any atom is 0.329 e. The monoisotopic (exact) mass is 309 g/mol. The minimum absolute atomic E-state index is 0.552. The first-order valence-electron chi connectivity index (χ1n) is 7.68. The molecule has 0 aromatic heterocycles. The van der Waals surface area contributed by atoms with Crippen LogP contribution in [0.5, 0.6) is 0 Å². The lowest BCUT2D eigenvalue weighted by Crippen LogP contribution is -2.51. The van der Waals surface area contributed by atoms with Gasteiger partial charge in [0.05, 0.1) is 0 Å². The Kier molecular flexibility index (Phi) is 7.83. The zero-order valence-electron chi connectivity index (χ0n) is 13.3. The molecule has 118 valence electrons. The third-order valence-corrected chi connectivity index (χ3v) is 5.17. The van der Waals surface area contributed by atoms with Gasteiger partial charge in [0, 0.05) is 5.75 Å². The Labute approximate surface area is 132 Å². The third kappa shape index (κ3) is 5.04. The number of thioether (sulfide) groups is 1. The summed E-state index contributed by atoms with van der Waals surface area (Å²) in [6.07, 6.45) is 2.04. The van der Waals surface area contributed by atoms with E-state index in [1.807, 2.05) is 30.3 Å². The standard InChI is InChI=1S/C17H27NO2S/c1-4-11-18-17(16(19)20,13-21-12-14(3)5-2)15-9-7-6-8-10-15/h6-10,14,18H,4-5,11-13H2,1-3H3,(H,19,20). The number of nitrogens with one attached hydrogen (secondary N) is 1. The highest BCUT2D eigenvalue weighted by Gasteiger charge is 2.39. The van der Waals surface area contributed by atoms with Crippen molar-refractivity contribution in [3.05, 3.63) is 35.9 Å². The van der Waals surface area contributed by atoms with Gasteiger partial charge in [-0.15, -0.1) is 0 Å². The Balaban J connectivity index is 2.93. The van der Waals surface area contributed by atoms with E-state index in [0.717, 1.165) is 24.2 Å². The molecule has 0 spiro atoms. The second-order valence-electron chi connectivity index (χ2n) is 5.53. The number of hydrogen-bond acceptors (Lipinski definition) is 3. The molecule has 4 heteroatoms. The van der Waals surface area contributed by atoms with Crippen molar-refractivity contribution in [3.63, 3.8) is 0 Å². The van der Waals surface area contributed by atoms with Crippen LogP contribution in [0.1, 0.15) is 39.2 Å². The average Bonchev–Trinajstić information content (AvgIpc) is 2.51. The average molecular weight is 309 g/mol. The van der Waals surface area contributed by atoms with Gasteiger partial charge >= 0.3 is 5.97 Å². The fourth-order valence-corrected chi connectivity index (χ4v) is 3.54. The fraction of sp³-hybridized carbons (Fsp3) is 0.588. The van der Waals surface area contributed by atoms with E-state index in [4.69, 9.17) is 0 Å². The number of carbonyl (C=O) groups is 1. The number of hydrogen-bond donors (Lipinski definition) is 2. The first-order valence-corrected chi connectivity index (χ1v) is 8.84. The molecule has 1 aromatic rings. The third-order valence-electron chi connectivity index (χ3n) is 3.73. The molecular formula is C17H27NO2S. The molecule has 0 radical (unpaired) electrons. The summed E-state index contributed by atoms with van der Waals surface area (Å²) in [7, 11) is 0. The van der Waals surface area contributed by atoms with Crippen LogP contribution in [0.4, 0.5) is 0 Å². The smallest absolute Gasteiger partial charge is 0.329 e. The van der Waals surface area contributed by atoms with Crippen LogP contribution in [0.25, 0.3) is 0 Å². The van der Waals surface area contributed by atoms with Crippen LogP contribution < -0.4 is 5.32 Å². The lowest BCUT2D eigenvalue weighted by atomic mass is 9.91. The maximum atomic E-state index is 12.0. The van der Waals surface area contributed by atoms with Gasteiger partial charge in [0.25, 0.3) is 0 Å². The Morgan fingerprint density at radius 2 is 2.00 bits per heavy atom. The van der Waals surface area contributed by atoms with Gasteiger partial charge in [-0.25, -0.2) is 4.79 Å². The predicted molar refractivity (Wildman–Crippen MR) is 90.8 cm³/mol. The van der Waals surface area contributed by atoms with Crippen LogP contribution in [0.2, 0.25) is 0 Å². The van der Waals surface area contributed by atoms with Crippen LogP contribution in [-0.4, -0.2) is 29.1 Å². The normalized spacial score (nSPS) is 15.4. The first kappa shape index (κ1) is 18.1. The van der Waals surface area contributed by atoms with E-state index in [1.54, 1.807) is 11.8 Å². The van der Waals surface area contributed by atoms with E-state index in [1.165, 1.54) is 0 Å². The summed E-state index contributed by atoms with van der Waals surface area (Å²) in [4.78, 5) is 12.0. The van der Waals surface area contributed by atoms with E-state index in [-0.39, 0.29) is 0 Å². The molecule has 0 aliphatic heterocycles. The lowest BCUT2D eigenvalue weighted by molar-refractivity contribution is -0.144. The van der Waals surface area contributed by atoms with Crippen molar-refractivity contribution >= 4 is 17.7 Å². The van der Waals surface area contributed by atoms with Crippen LogP contribution in [-0.2, 0) is 10.3 Å². The van der Waals surface area contributed by atoms with Crippen LogP contribution in [0, 0.1) is 5.92 Å². The molecule has 2 N–H and O–H groups in total. The van der Waals surface area contributed by atoms with Crippen molar-refractivity contribution in [2.75, 3.05) is 18.1 Å². The molecule has 0 aliphatic carbocycles. The van der Waals surface area contributed by atoms with Gasteiger partial charge in [0.15, 0.2) is 5.54 Å². The zero-order chi connectivity index (χ0) is 15.7. The molecule has 0 bridgehead atoms. The molecule has 0 aliphatic rings. The largest absolute Gasteiger partial charge is 0.480 e. The number of rotatable bonds is 10. The van der Waals surface area contributed by atoms with Crippen molar-refractivity contribution in [2.45, 2.75) is 39.2 Å². The van der Waals surface area contributed by atoms with Gasteiger partial charge in [0.1, 0.15) is 0 Å². The van der Waals surface area contributed by atoms with E-state index in [0.29, 0.717) is 18.2 Å². The Bertz CT molecular complexity index is 424. The Hall–Kier alpha value is -1.00. The zero-order valence-corrected chi connectivity index (χ0v) is 14.1. The van der Waals surface area contributed by atoms with E-state index >= 15 is 0 Å². The molecule has 0 saturated carbocycles. The Morgan fingerprint density at radius 1 is 1.33 bits per heavy atom. The van der Waals surface area contributed by atoms with Gasteiger partial charge in [-0.2, -0.15) is 11.8 Å². The summed E-state index contributed by atoms with van der Waals surface area (Å²) in [5.41, 5.74) is -0.155. The Morgan fingerprint density at radius 3 is 2.52 bits per heavy atom. The topological polar surface area (TPSA) is 49.3 Å². The molecular weight excluding hydrogens is 282 g/mol. The molecule has 1 aromatic carbocycles. The first-order chi connectivity index (χ1) is 10.1. The van der Waals surface area contributed by atoms with Gasteiger partial charge < -0.3 is 5.11 Å². The summed E-state index contributed by atoms with van der Waals surface area (Å²) in [5, 5.41) is 13.1.